The standard InChI is InChI=1S/C14H24O4/c1-14(2,3)18-12(15)9-11(13(16)17-4)10-7-5-6-8-10/h10-11H,5-9H2,1-4H3. The molecule has 0 saturated heterocycles. The lowest BCUT2D eigenvalue weighted by Gasteiger charge is -2.24. The van der Waals surface area contributed by atoms with E-state index >= 15 is 0 Å². The Bertz CT molecular complexity index is 297. The zero-order chi connectivity index (χ0) is 13.8. The van der Waals surface area contributed by atoms with Crippen molar-refractivity contribution in [3.63, 3.8) is 0 Å². The van der Waals surface area contributed by atoms with Crippen molar-refractivity contribution < 1.29 is 19.1 Å². The summed E-state index contributed by atoms with van der Waals surface area (Å²) in [7, 11) is 1.37. The first-order valence-corrected chi connectivity index (χ1v) is 6.63. The van der Waals surface area contributed by atoms with Gasteiger partial charge < -0.3 is 9.47 Å². The van der Waals surface area contributed by atoms with E-state index in [9.17, 15) is 9.59 Å². The molecule has 18 heavy (non-hydrogen) atoms. The smallest absolute Gasteiger partial charge is 0.309 e. The highest BCUT2D eigenvalue weighted by atomic mass is 16.6. The van der Waals surface area contributed by atoms with Crippen LogP contribution < -0.4 is 0 Å². The Balaban J connectivity index is 2.61. The van der Waals surface area contributed by atoms with Gasteiger partial charge in [0.05, 0.1) is 19.4 Å². The predicted octanol–water partition coefficient (Wildman–Crippen LogP) is 2.70. The molecule has 104 valence electrons. The summed E-state index contributed by atoms with van der Waals surface area (Å²) in [6, 6.07) is 0. The van der Waals surface area contributed by atoms with Crippen LogP contribution in [0.2, 0.25) is 0 Å². The first-order valence-electron chi connectivity index (χ1n) is 6.63. The number of hydrogen-bond acceptors (Lipinski definition) is 4. The molecule has 0 aromatic carbocycles. The van der Waals surface area contributed by atoms with Crippen LogP contribution in [0.4, 0.5) is 0 Å². The summed E-state index contributed by atoms with van der Waals surface area (Å²) in [6.45, 7) is 5.48. The van der Waals surface area contributed by atoms with E-state index in [0.29, 0.717) is 0 Å². The van der Waals surface area contributed by atoms with Crippen LogP contribution in [-0.2, 0) is 19.1 Å². The van der Waals surface area contributed by atoms with Gasteiger partial charge in [0.1, 0.15) is 5.60 Å². The first kappa shape index (κ1) is 15.0. The molecule has 1 atom stereocenters. The van der Waals surface area contributed by atoms with Crippen molar-refractivity contribution in [1.82, 2.24) is 0 Å². The summed E-state index contributed by atoms with van der Waals surface area (Å²) in [5.41, 5.74) is -0.507. The minimum absolute atomic E-state index is 0.134. The van der Waals surface area contributed by atoms with Gasteiger partial charge in [-0.3, -0.25) is 9.59 Å². The predicted molar refractivity (Wildman–Crippen MR) is 67.9 cm³/mol. The molecule has 4 nitrogen and oxygen atoms in total. The van der Waals surface area contributed by atoms with E-state index < -0.39 is 5.60 Å². The fourth-order valence-corrected chi connectivity index (χ4v) is 2.52. The van der Waals surface area contributed by atoms with Crippen LogP contribution >= 0.6 is 0 Å². The van der Waals surface area contributed by atoms with Crippen molar-refractivity contribution in [3.05, 3.63) is 0 Å². The molecule has 0 bridgehead atoms. The van der Waals surface area contributed by atoms with Gasteiger partial charge in [0.2, 0.25) is 0 Å². The third-order valence-electron chi connectivity index (χ3n) is 3.28. The van der Waals surface area contributed by atoms with Crippen LogP contribution in [0.15, 0.2) is 0 Å². The minimum atomic E-state index is -0.507. The monoisotopic (exact) mass is 256 g/mol. The largest absolute Gasteiger partial charge is 0.469 e. The molecule has 0 spiro atoms. The highest BCUT2D eigenvalue weighted by molar-refractivity contribution is 5.80. The second-order valence-corrected chi connectivity index (χ2v) is 5.96. The van der Waals surface area contributed by atoms with Gasteiger partial charge in [-0.1, -0.05) is 12.8 Å². The Kier molecular flexibility index (Phi) is 5.17. The fraction of sp³-hybridized carbons (Fsp3) is 0.857. The van der Waals surface area contributed by atoms with E-state index in [1.165, 1.54) is 7.11 Å². The van der Waals surface area contributed by atoms with Gasteiger partial charge in [0.15, 0.2) is 0 Å². The summed E-state index contributed by atoms with van der Waals surface area (Å²) >= 11 is 0. The molecule has 4 heteroatoms. The number of esters is 2. The molecule has 1 fully saturated rings. The van der Waals surface area contributed by atoms with Crippen LogP contribution in [-0.4, -0.2) is 24.6 Å². The molecule has 0 aliphatic heterocycles. The van der Waals surface area contributed by atoms with E-state index in [-0.39, 0.29) is 30.2 Å². The van der Waals surface area contributed by atoms with Gasteiger partial charge in [-0.15, -0.1) is 0 Å². The highest BCUT2D eigenvalue weighted by Gasteiger charge is 2.34. The SMILES string of the molecule is COC(=O)C(CC(=O)OC(C)(C)C)C1CCCC1. The van der Waals surface area contributed by atoms with Gasteiger partial charge in [-0.05, 0) is 39.5 Å². The summed E-state index contributed by atoms with van der Waals surface area (Å²) in [5.74, 6) is -0.671. The van der Waals surface area contributed by atoms with Crippen molar-refractivity contribution in [3.8, 4) is 0 Å². The summed E-state index contributed by atoms with van der Waals surface area (Å²) in [4.78, 5) is 23.6. The molecule has 0 heterocycles. The molecule has 0 amide bonds. The van der Waals surface area contributed by atoms with Crippen LogP contribution in [0.5, 0.6) is 0 Å². The van der Waals surface area contributed by atoms with Crippen molar-refractivity contribution in [2.24, 2.45) is 11.8 Å². The van der Waals surface area contributed by atoms with Crippen molar-refractivity contribution in [1.29, 1.82) is 0 Å². The quantitative estimate of drug-likeness (QED) is 0.726. The third-order valence-corrected chi connectivity index (χ3v) is 3.28. The van der Waals surface area contributed by atoms with Crippen molar-refractivity contribution in [2.75, 3.05) is 7.11 Å². The number of methoxy groups -OCH3 is 1. The first-order chi connectivity index (χ1) is 8.33. The van der Waals surface area contributed by atoms with Gasteiger partial charge >= 0.3 is 11.9 Å². The average Bonchev–Trinajstić information content (AvgIpc) is 2.75. The minimum Gasteiger partial charge on any atom is -0.469 e. The molecule has 0 N–H and O–H groups in total. The molecule has 0 radical (unpaired) electrons. The van der Waals surface area contributed by atoms with Gasteiger partial charge in [0.25, 0.3) is 0 Å². The summed E-state index contributed by atoms with van der Waals surface area (Å²) < 4.78 is 10.1. The number of hydrogen-bond donors (Lipinski definition) is 0. The summed E-state index contributed by atoms with van der Waals surface area (Å²) in [6.07, 6.45) is 4.40. The molecule has 0 aromatic rings. The zero-order valence-corrected chi connectivity index (χ0v) is 11.8. The van der Waals surface area contributed by atoms with Crippen LogP contribution in [0.3, 0.4) is 0 Å². The Morgan fingerprint density at radius 3 is 2.22 bits per heavy atom. The molecule has 1 rings (SSSR count). The molecule has 1 unspecified atom stereocenters. The van der Waals surface area contributed by atoms with E-state index in [2.05, 4.69) is 0 Å². The molecular formula is C14H24O4. The molecule has 0 aromatic heterocycles. The van der Waals surface area contributed by atoms with Gasteiger partial charge in [-0.25, -0.2) is 0 Å². The highest BCUT2D eigenvalue weighted by Crippen LogP contribution is 2.34. The lowest BCUT2D eigenvalue weighted by molar-refractivity contribution is -0.162. The molecular weight excluding hydrogens is 232 g/mol. The van der Waals surface area contributed by atoms with Crippen LogP contribution in [0, 0.1) is 11.8 Å². The van der Waals surface area contributed by atoms with Crippen molar-refractivity contribution >= 4 is 11.9 Å². The zero-order valence-electron chi connectivity index (χ0n) is 11.8. The average molecular weight is 256 g/mol. The lowest BCUT2D eigenvalue weighted by atomic mass is 9.88. The Hall–Kier alpha value is -1.06. The van der Waals surface area contributed by atoms with E-state index in [0.717, 1.165) is 25.7 Å². The number of rotatable bonds is 4. The van der Waals surface area contributed by atoms with Crippen LogP contribution in [0.25, 0.3) is 0 Å². The second kappa shape index (κ2) is 6.21. The van der Waals surface area contributed by atoms with E-state index in [4.69, 9.17) is 9.47 Å². The Labute approximate surface area is 109 Å². The number of carbonyl (C=O) groups is 2. The second-order valence-electron chi connectivity index (χ2n) is 5.96. The molecule has 1 aliphatic rings. The maximum Gasteiger partial charge on any atom is 0.309 e. The molecule has 1 saturated carbocycles. The topological polar surface area (TPSA) is 52.6 Å². The fourth-order valence-electron chi connectivity index (χ4n) is 2.52. The number of carbonyl (C=O) groups excluding carboxylic acids is 2. The Morgan fingerprint density at radius 1 is 1.22 bits per heavy atom. The number of ether oxygens (including phenoxy) is 2. The van der Waals surface area contributed by atoms with E-state index in [1.807, 2.05) is 20.8 Å². The maximum atomic E-state index is 11.8. The van der Waals surface area contributed by atoms with Gasteiger partial charge in [-0.2, -0.15) is 0 Å². The molecule has 1 aliphatic carbocycles. The lowest BCUT2D eigenvalue weighted by Crippen LogP contribution is -2.30. The van der Waals surface area contributed by atoms with Gasteiger partial charge in [0, 0.05) is 0 Å². The maximum absolute atomic E-state index is 11.8. The summed E-state index contributed by atoms with van der Waals surface area (Å²) in [5, 5.41) is 0. The normalized spacial score (nSPS) is 18.4. The third kappa shape index (κ3) is 4.67. The van der Waals surface area contributed by atoms with E-state index in [1.54, 1.807) is 0 Å². The van der Waals surface area contributed by atoms with Crippen LogP contribution in [0.1, 0.15) is 52.9 Å². The Morgan fingerprint density at radius 2 is 1.78 bits per heavy atom. The van der Waals surface area contributed by atoms with Crippen molar-refractivity contribution in [2.45, 2.75) is 58.5 Å².